The smallest absolute Gasteiger partial charge is 0.0666 e. The number of nitrogens with one attached hydrogen (secondary N) is 1. The molecule has 2 heterocycles. The van der Waals surface area contributed by atoms with Crippen molar-refractivity contribution < 1.29 is 0 Å². The Morgan fingerprint density at radius 2 is 2.05 bits per heavy atom. The van der Waals surface area contributed by atoms with Crippen LogP contribution in [0, 0.1) is 0 Å². The normalized spacial score (nSPS) is 11.4. The zero-order valence-electron chi connectivity index (χ0n) is 12.2. The fourth-order valence-corrected chi connectivity index (χ4v) is 2.12. The van der Waals surface area contributed by atoms with Crippen LogP contribution in [0.15, 0.2) is 18.6 Å². The van der Waals surface area contributed by atoms with Crippen molar-refractivity contribution in [3.8, 4) is 0 Å². The van der Waals surface area contributed by atoms with Crippen molar-refractivity contribution in [1.82, 2.24) is 24.9 Å². The number of nitrogens with zero attached hydrogens (tertiary/aromatic N) is 4. The number of rotatable bonds is 6. The topological polar surface area (TPSA) is 47.7 Å². The molecule has 104 valence electrons. The first-order chi connectivity index (χ1) is 9.10. The van der Waals surface area contributed by atoms with Crippen molar-refractivity contribution in [1.29, 1.82) is 0 Å². The van der Waals surface area contributed by atoms with Gasteiger partial charge in [-0.3, -0.25) is 9.36 Å². The van der Waals surface area contributed by atoms with E-state index in [0.29, 0.717) is 6.04 Å². The second kappa shape index (κ2) is 6.02. The minimum absolute atomic E-state index is 0.416. The SMILES string of the molecule is CCc1nn(C)cc1CNCc1cnn(C(C)C)c1. The van der Waals surface area contributed by atoms with E-state index in [1.807, 2.05) is 22.6 Å². The van der Waals surface area contributed by atoms with Gasteiger partial charge >= 0.3 is 0 Å². The molecule has 0 saturated heterocycles. The Balaban J connectivity index is 1.88. The molecule has 0 saturated carbocycles. The van der Waals surface area contributed by atoms with Crippen LogP contribution in [0.2, 0.25) is 0 Å². The number of aryl methyl sites for hydroxylation is 2. The highest BCUT2D eigenvalue weighted by atomic mass is 15.3. The van der Waals surface area contributed by atoms with E-state index < -0.39 is 0 Å². The fraction of sp³-hybridized carbons (Fsp3) is 0.571. The minimum Gasteiger partial charge on any atom is -0.308 e. The van der Waals surface area contributed by atoms with Crippen LogP contribution >= 0.6 is 0 Å². The summed E-state index contributed by atoms with van der Waals surface area (Å²) in [6.07, 6.45) is 7.09. The molecule has 0 bridgehead atoms. The van der Waals surface area contributed by atoms with Crippen molar-refractivity contribution >= 4 is 0 Å². The van der Waals surface area contributed by atoms with Gasteiger partial charge in [-0.05, 0) is 20.3 Å². The summed E-state index contributed by atoms with van der Waals surface area (Å²) in [7, 11) is 1.97. The largest absolute Gasteiger partial charge is 0.308 e. The van der Waals surface area contributed by atoms with Gasteiger partial charge in [0.1, 0.15) is 0 Å². The molecule has 5 nitrogen and oxygen atoms in total. The average Bonchev–Trinajstić information content (AvgIpc) is 2.96. The first kappa shape index (κ1) is 13.8. The molecule has 19 heavy (non-hydrogen) atoms. The molecule has 2 aromatic rings. The van der Waals surface area contributed by atoms with Gasteiger partial charge in [-0.15, -0.1) is 0 Å². The van der Waals surface area contributed by atoms with Crippen molar-refractivity contribution in [3.05, 3.63) is 35.4 Å². The van der Waals surface area contributed by atoms with Crippen LogP contribution in [-0.4, -0.2) is 19.6 Å². The Hall–Kier alpha value is -1.62. The number of aromatic nitrogens is 4. The summed E-state index contributed by atoms with van der Waals surface area (Å²) in [6, 6.07) is 0.416. The molecular weight excluding hydrogens is 238 g/mol. The molecule has 2 aromatic heterocycles. The van der Waals surface area contributed by atoms with Gasteiger partial charge in [0, 0.05) is 49.7 Å². The Morgan fingerprint density at radius 3 is 2.68 bits per heavy atom. The lowest BCUT2D eigenvalue weighted by molar-refractivity contribution is 0.531. The zero-order valence-corrected chi connectivity index (χ0v) is 12.2. The van der Waals surface area contributed by atoms with E-state index in [9.17, 15) is 0 Å². The van der Waals surface area contributed by atoms with Crippen molar-refractivity contribution in [2.75, 3.05) is 0 Å². The third-order valence-electron chi connectivity index (χ3n) is 3.16. The van der Waals surface area contributed by atoms with Gasteiger partial charge in [-0.1, -0.05) is 6.92 Å². The average molecular weight is 261 g/mol. The molecule has 0 aliphatic carbocycles. The van der Waals surface area contributed by atoms with E-state index >= 15 is 0 Å². The summed E-state index contributed by atoms with van der Waals surface area (Å²) < 4.78 is 3.87. The molecule has 0 aromatic carbocycles. The quantitative estimate of drug-likeness (QED) is 0.865. The zero-order chi connectivity index (χ0) is 13.8. The standard InChI is InChI=1S/C14H23N5/c1-5-14-13(10-18(4)17-14)8-15-6-12-7-16-19(9-12)11(2)3/h7,9-11,15H,5-6,8H2,1-4H3. The lowest BCUT2D eigenvalue weighted by Gasteiger charge is -2.04. The molecule has 0 spiro atoms. The molecule has 2 rings (SSSR count). The molecule has 5 heteroatoms. The summed E-state index contributed by atoms with van der Waals surface area (Å²) in [5.74, 6) is 0. The van der Waals surface area contributed by atoms with Crippen LogP contribution in [-0.2, 0) is 26.6 Å². The summed E-state index contributed by atoms with van der Waals surface area (Å²) in [6.45, 7) is 8.09. The Kier molecular flexibility index (Phi) is 4.37. The fourth-order valence-electron chi connectivity index (χ4n) is 2.12. The van der Waals surface area contributed by atoms with E-state index in [-0.39, 0.29) is 0 Å². The highest BCUT2D eigenvalue weighted by Crippen LogP contribution is 2.08. The third-order valence-corrected chi connectivity index (χ3v) is 3.16. The van der Waals surface area contributed by atoms with E-state index in [2.05, 4.69) is 48.7 Å². The van der Waals surface area contributed by atoms with Crippen LogP contribution in [0.5, 0.6) is 0 Å². The monoisotopic (exact) mass is 261 g/mol. The molecular formula is C14H23N5. The predicted molar refractivity (Wildman–Crippen MR) is 75.7 cm³/mol. The van der Waals surface area contributed by atoms with Crippen LogP contribution in [0.25, 0.3) is 0 Å². The maximum Gasteiger partial charge on any atom is 0.0666 e. The summed E-state index contributed by atoms with van der Waals surface area (Å²) in [5.41, 5.74) is 3.67. The molecule has 0 aliphatic rings. The molecule has 0 atom stereocenters. The summed E-state index contributed by atoms with van der Waals surface area (Å²) >= 11 is 0. The lowest BCUT2D eigenvalue weighted by Crippen LogP contribution is -2.13. The number of hydrogen-bond donors (Lipinski definition) is 1. The van der Waals surface area contributed by atoms with Gasteiger partial charge in [0.15, 0.2) is 0 Å². The maximum absolute atomic E-state index is 4.44. The van der Waals surface area contributed by atoms with Crippen LogP contribution in [0.3, 0.4) is 0 Å². The highest BCUT2D eigenvalue weighted by Gasteiger charge is 2.06. The highest BCUT2D eigenvalue weighted by molar-refractivity contribution is 5.17. The molecule has 0 fully saturated rings. The molecule has 0 aliphatic heterocycles. The Labute approximate surface area is 114 Å². The van der Waals surface area contributed by atoms with E-state index in [4.69, 9.17) is 0 Å². The number of hydrogen-bond acceptors (Lipinski definition) is 3. The first-order valence-electron chi connectivity index (χ1n) is 6.85. The predicted octanol–water partition coefficient (Wildman–Crippen LogP) is 2.05. The van der Waals surface area contributed by atoms with Gasteiger partial charge in [0.2, 0.25) is 0 Å². The summed E-state index contributed by atoms with van der Waals surface area (Å²) in [4.78, 5) is 0. The Morgan fingerprint density at radius 1 is 1.26 bits per heavy atom. The minimum atomic E-state index is 0.416. The summed E-state index contributed by atoms with van der Waals surface area (Å²) in [5, 5.41) is 12.2. The second-order valence-electron chi connectivity index (χ2n) is 5.15. The van der Waals surface area contributed by atoms with Crippen molar-refractivity contribution in [2.24, 2.45) is 7.05 Å². The van der Waals surface area contributed by atoms with E-state index in [1.54, 1.807) is 0 Å². The van der Waals surface area contributed by atoms with Gasteiger partial charge in [0.25, 0.3) is 0 Å². The lowest BCUT2D eigenvalue weighted by atomic mass is 10.2. The third kappa shape index (κ3) is 3.44. The van der Waals surface area contributed by atoms with Crippen LogP contribution in [0.1, 0.15) is 43.6 Å². The van der Waals surface area contributed by atoms with Gasteiger partial charge < -0.3 is 5.32 Å². The van der Waals surface area contributed by atoms with Gasteiger partial charge in [0.05, 0.1) is 11.9 Å². The van der Waals surface area contributed by atoms with Crippen LogP contribution < -0.4 is 5.32 Å². The Bertz CT molecular complexity index is 524. The van der Waals surface area contributed by atoms with Crippen molar-refractivity contribution in [3.63, 3.8) is 0 Å². The maximum atomic E-state index is 4.44. The molecule has 0 amide bonds. The van der Waals surface area contributed by atoms with Crippen LogP contribution in [0.4, 0.5) is 0 Å². The van der Waals surface area contributed by atoms with Gasteiger partial charge in [-0.25, -0.2) is 0 Å². The molecule has 0 unspecified atom stereocenters. The second-order valence-corrected chi connectivity index (χ2v) is 5.15. The molecule has 1 N–H and O–H groups in total. The van der Waals surface area contributed by atoms with E-state index in [0.717, 1.165) is 19.5 Å². The van der Waals surface area contributed by atoms with E-state index in [1.165, 1.54) is 16.8 Å². The molecule has 0 radical (unpaired) electrons. The van der Waals surface area contributed by atoms with Crippen molar-refractivity contribution in [2.45, 2.75) is 46.3 Å². The van der Waals surface area contributed by atoms with Gasteiger partial charge in [-0.2, -0.15) is 10.2 Å². The first-order valence-corrected chi connectivity index (χ1v) is 6.85.